The van der Waals surface area contributed by atoms with Crippen molar-refractivity contribution in [2.45, 2.75) is 57.3 Å². The number of hydrogen-bond donors (Lipinski definition) is 0. The van der Waals surface area contributed by atoms with Crippen LogP contribution in [-0.2, 0) is 11.3 Å². The van der Waals surface area contributed by atoms with Crippen LogP contribution in [0.2, 0.25) is 0 Å². The average Bonchev–Trinajstić information content (AvgIpc) is 2.63. The Hall–Kier alpha value is -1.00. The summed E-state index contributed by atoms with van der Waals surface area (Å²) in [6, 6.07) is 1.35. The number of methoxy groups -OCH3 is 1. The molecule has 4 heteroatoms. The van der Waals surface area contributed by atoms with Crippen LogP contribution >= 0.6 is 0 Å². The Morgan fingerprint density at radius 1 is 1.22 bits per heavy atom. The maximum atomic E-state index is 5.54. The zero-order valence-corrected chi connectivity index (χ0v) is 11.2. The molecule has 4 nitrogen and oxygen atoms in total. The molecule has 0 N–H and O–H groups in total. The number of rotatable bonds is 3. The van der Waals surface area contributed by atoms with Gasteiger partial charge in [0.15, 0.2) is 0 Å². The van der Waals surface area contributed by atoms with Gasteiger partial charge in [0.2, 0.25) is 0 Å². The van der Waals surface area contributed by atoms with Crippen molar-refractivity contribution >= 4 is 0 Å². The lowest BCUT2D eigenvalue weighted by Crippen LogP contribution is -2.44. The zero-order valence-electron chi connectivity index (χ0n) is 11.2. The molecule has 18 heavy (non-hydrogen) atoms. The van der Waals surface area contributed by atoms with Crippen LogP contribution in [0.1, 0.15) is 37.1 Å². The van der Waals surface area contributed by atoms with Crippen LogP contribution in [-0.4, -0.2) is 40.2 Å². The summed E-state index contributed by atoms with van der Waals surface area (Å²) in [5.41, 5.74) is 2.19. The molecule has 0 aliphatic carbocycles. The minimum Gasteiger partial charge on any atom is -0.381 e. The van der Waals surface area contributed by atoms with Gasteiger partial charge in [0.1, 0.15) is 0 Å². The lowest BCUT2D eigenvalue weighted by atomic mass is 9.99. The Kier molecular flexibility index (Phi) is 3.31. The average molecular weight is 247 g/mol. The van der Waals surface area contributed by atoms with E-state index in [-0.39, 0.29) is 0 Å². The van der Waals surface area contributed by atoms with E-state index in [0.717, 1.165) is 17.9 Å². The fourth-order valence-electron chi connectivity index (χ4n) is 3.44. The topological polar surface area (TPSA) is 38.2 Å². The minimum atomic E-state index is 0.460. The van der Waals surface area contributed by atoms with E-state index in [1.54, 1.807) is 12.4 Å². The van der Waals surface area contributed by atoms with Crippen LogP contribution < -0.4 is 0 Å². The zero-order chi connectivity index (χ0) is 12.5. The Morgan fingerprint density at radius 3 is 2.50 bits per heavy atom. The smallest absolute Gasteiger partial charge is 0.0756 e. The molecule has 1 aromatic rings. The van der Waals surface area contributed by atoms with Crippen LogP contribution in [0.3, 0.4) is 0 Å². The van der Waals surface area contributed by atoms with E-state index in [2.05, 4.69) is 14.9 Å². The second kappa shape index (κ2) is 4.94. The molecule has 0 saturated carbocycles. The summed E-state index contributed by atoms with van der Waals surface area (Å²) in [7, 11) is 1.84. The van der Waals surface area contributed by atoms with Crippen LogP contribution in [0, 0.1) is 6.92 Å². The van der Waals surface area contributed by atoms with Gasteiger partial charge in [-0.15, -0.1) is 0 Å². The van der Waals surface area contributed by atoms with Gasteiger partial charge in [0.25, 0.3) is 0 Å². The van der Waals surface area contributed by atoms with E-state index in [1.165, 1.54) is 25.7 Å². The molecule has 0 amide bonds. The third-order valence-electron chi connectivity index (χ3n) is 4.49. The summed E-state index contributed by atoms with van der Waals surface area (Å²) < 4.78 is 5.54. The molecule has 0 spiro atoms. The van der Waals surface area contributed by atoms with Crippen LogP contribution in [0.25, 0.3) is 0 Å². The van der Waals surface area contributed by atoms with Gasteiger partial charge >= 0.3 is 0 Å². The summed E-state index contributed by atoms with van der Waals surface area (Å²) in [5.74, 6) is 0. The first-order valence-corrected chi connectivity index (χ1v) is 6.83. The number of fused-ring (bicyclic) bond motifs is 2. The Balaban J connectivity index is 1.73. The van der Waals surface area contributed by atoms with Gasteiger partial charge in [-0.25, -0.2) is 0 Å². The van der Waals surface area contributed by atoms with Crippen molar-refractivity contribution in [2.75, 3.05) is 7.11 Å². The molecule has 1 aromatic heterocycles. The van der Waals surface area contributed by atoms with Crippen molar-refractivity contribution in [2.24, 2.45) is 0 Å². The molecule has 2 atom stereocenters. The third kappa shape index (κ3) is 2.15. The van der Waals surface area contributed by atoms with Gasteiger partial charge in [-0.1, -0.05) is 0 Å². The largest absolute Gasteiger partial charge is 0.381 e. The molecule has 2 fully saturated rings. The molecule has 2 saturated heterocycles. The number of aryl methyl sites for hydroxylation is 1. The number of ether oxygens (including phenoxy) is 1. The highest BCUT2D eigenvalue weighted by Gasteiger charge is 2.40. The van der Waals surface area contributed by atoms with Crippen LogP contribution in [0.4, 0.5) is 0 Å². The maximum Gasteiger partial charge on any atom is 0.0756 e. The lowest BCUT2D eigenvalue weighted by molar-refractivity contribution is 0.00195. The Bertz CT molecular complexity index is 409. The first-order valence-electron chi connectivity index (χ1n) is 6.83. The quantitative estimate of drug-likeness (QED) is 0.818. The molecule has 2 aliphatic rings. The molecule has 2 aliphatic heterocycles. The summed E-state index contributed by atoms with van der Waals surface area (Å²) in [6.45, 7) is 3.00. The summed E-state index contributed by atoms with van der Waals surface area (Å²) in [6.07, 6.45) is 8.99. The standard InChI is InChI=1S/C14H21N3O/c1-10-14(16-6-5-15-10)9-17-11-3-4-12(17)8-13(7-11)18-2/h5-6,11-13H,3-4,7-9H2,1-2H3. The molecule has 2 unspecified atom stereocenters. The van der Waals surface area contributed by atoms with Gasteiger partial charge < -0.3 is 4.74 Å². The SMILES string of the molecule is COC1CC2CCC(C1)N2Cc1nccnc1C. The molecule has 2 bridgehead atoms. The van der Waals surface area contributed by atoms with E-state index in [4.69, 9.17) is 4.74 Å². The van der Waals surface area contributed by atoms with E-state index in [0.29, 0.717) is 18.2 Å². The Morgan fingerprint density at radius 2 is 1.89 bits per heavy atom. The normalized spacial score (nSPS) is 31.8. The number of hydrogen-bond acceptors (Lipinski definition) is 4. The fourth-order valence-corrected chi connectivity index (χ4v) is 3.44. The Labute approximate surface area is 108 Å². The van der Waals surface area contributed by atoms with Crippen molar-refractivity contribution in [3.63, 3.8) is 0 Å². The van der Waals surface area contributed by atoms with Gasteiger partial charge in [0, 0.05) is 38.1 Å². The van der Waals surface area contributed by atoms with Gasteiger partial charge in [-0.2, -0.15) is 0 Å². The summed E-state index contributed by atoms with van der Waals surface area (Å²) in [5, 5.41) is 0. The van der Waals surface area contributed by atoms with E-state index >= 15 is 0 Å². The highest BCUT2D eigenvalue weighted by Crippen LogP contribution is 2.37. The number of piperidine rings is 1. The molecule has 98 valence electrons. The number of nitrogens with zero attached hydrogens (tertiary/aromatic N) is 3. The summed E-state index contributed by atoms with van der Waals surface area (Å²) >= 11 is 0. The van der Waals surface area contributed by atoms with Gasteiger partial charge in [-0.3, -0.25) is 14.9 Å². The predicted octanol–water partition coefficient (Wildman–Crippen LogP) is 1.93. The highest BCUT2D eigenvalue weighted by molar-refractivity contribution is 5.10. The fraction of sp³-hybridized carbons (Fsp3) is 0.714. The lowest BCUT2D eigenvalue weighted by Gasteiger charge is -2.38. The predicted molar refractivity (Wildman–Crippen MR) is 69.2 cm³/mol. The molecule has 3 heterocycles. The minimum absolute atomic E-state index is 0.460. The first kappa shape index (κ1) is 12.1. The van der Waals surface area contributed by atoms with E-state index < -0.39 is 0 Å². The van der Waals surface area contributed by atoms with Crippen molar-refractivity contribution in [3.8, 4) is 0 Å². The van der Waals surface area contributed by atoms with Crippen molar-refractivity contribution < 1.29 is 4.74 Å². The molecular formula is C14H21N3O. The van der Waals surface area contributed by atoms with Crippen molar-refractivity contribution in [3.05, 3.63) is 23.8 Å². The maximum absolute atomic E-state index is 5.54. The second-order valence-corrected chi connectivity index (χ2v) is 5.47. The van der Waals surface area contributed by atoms with Crippen molar-refractivity contribution in [1.29, 1.82) is 0 Å². The highest BCUT2D eigenvalue weighted by atomic mass is 16.5. The van der Waals surface area contributed by atoms with Crippen LogP contribution in [0.5, 0.6) is 0 Å². The monoisotopic (exact) mass is 247 g/mol. The van der Waals surface area contributed by atoms with Crippen LogP contribution in [0.15, 0.2) is 12.4 Å². The molecule has 3 rings (SSSR count). The first-order chi connectivity index (χ1) is 8.78. The molecule has 0 aromatic carbocycles. The van der Waals surface area contributed by atoms with Crippen molar-refractivity contribution in [1.82, 2.24) is 14.9 Å². The molecular weight excluding hydrogens is 226 g/mol. The molecule has 0 radical (unpaired) electrons. The van der Waals surface area contributed by atoms with E-state index in [9.17, 15) is 0 Å². The van der Waals surface area contributed by atoms with E-state index in [1.807, 2.05) is 14.0 Å². The number of aromatic nitrogens is 2. The van der Waals surface area contributed by atoms with Gasteiger partial charge in [0.05, 0.1) is 17.5 Å². The summed E-state index contributed by atoms with van der Waals surface area (Å²) in [4.78, 5) is 11.4. The third-order valence-corrected chi connectivity index (χ3v) is 4.49. The second-order valence-electron chi connectivity index (χ2n) is 5.47. The van der Waals surface area contributed by atoms with Gasteiger partial charge in [-0.05, 0) is 32.6 Å².